The lowest BCUT2D eigenvalue weighted by atomic mass is 9.75. The first kappa shape index (κ1) is 14.8. The molecule has 114 valence electrons. The predicted molar refractivity (Wildman–Crippen MR) is 88.0 cm³/mol. The van der Waals surface area contributed by atoms with Crippen LogP contribution in [0.2, 0.25) is 0 Å². The normalized spacial score (nSPS) is 21.8. The summed E-state index contributed by atoms with van der Waals surface area (Å²) in [6, 6.07) is 2.64. The Labute approximate surface area is 131 Å². The van der Waals surface area contributed by atoms with Gasteiger partial charge in [-0.3, -0.25) is 0 Å². The van der Waals surface area contributed by atoms with Crippen LogP contribution in [0.1, 0.15) is 57.0 Å². The Morgan fingerprint density at radius 3 is 2.95 bits per heavy atom. The second-order valence-corrected chi connectivity index (χ2v) is 7.48. The van der Waals surface area contributed by atoms with E-state index in [1.54, 1.807) is 0 Å². The standard InChI is InChI=1S/C17H24ClN3/c1-12-9-14-16(19-11-12)21(15(20-14)6-8-18)13-5-4-7-17(2,3)10-13/h9,11,13H,4-8,10H2,1-3H3. The van der Waals surface area contributed by atoms with E-state index in [-0.39, 0.29) is 0 Å². The molecular weight excluding hydrogens is 282 g/mol. The fourth-order valence-electron chi connectivity index (χ4n) is 3.65. The van der Waals surface area contributed by atoms with Gasteiger partial charge in [-0.2, -0.15) is 0 Å². The van der Waals surface area contributed by atoms with E-state index in [9.17, 15) is 0 Å². The molecule has 2 heterocycles. The monoisotopic (exact) mass is 305 g/mol. The fourth-order valence-corrected chi connectivity index (χ4v) is 3.82. The van der Waals surface area contributed by atoms with Gasteiger partial charge in [-0.1, -0.05) is 20.3 Å². The van der Waals surface area contributed by atoms with Gasteiger partial charge in [0.15, 0.2) is 5.65 Å². The second-order valence-electron chi connectivity index (χ2n) is 7.11. The van der Waals surface area contributed by atoms with Gasteiger partial charge in [0.05, 0.1) is 0 Å². The van der Waals surface area contributed by atoms with Crippen LogP contribution in [0, 0.1) is 12.3 Å². The van der Waals surface area contributed by atoms with Crippen molar-refractivity contribution in [3.8, 4) is 0 Å². The van der Waals surface area contributed by atoms with E-state index in [0.29, 0.717) is 17.3 Å². The number of hydrogen-bond acceptors (Lipinski definition) is 2. The highest BCUT2D eigenvalue weighted by Gasteiger charge is 2.31. The molecule has 1 aliphatic rings. The number of hydrogen-bond donors (Lipinski definition) is 0. The quantitative estimate of drug-likeness (QED) is 0.772. The molecule has 0 amide bonds. The van der Waals surface area contributed by atoms with Gasteiger partial charge in [0.25, 0.3) is 0 Å². The molecule has 0 saturated heterocycles. The van der Waals surface area contributed by atoms with Crippen LogP contribution < -0.4 is 0 Å². The van der Waals surface area contributed by atoms with E-state index >= 15 is 0 Å². The van der Waals surface area contributed by atoms with E-state index in [1.807, 2.05) is 6.20 Å². The summed E-state index contributed by atoms with van der Waals surface area (Å²) < 4.78 is 2.37. The molecule has 21 heavy (non-hydrogen) atoms. The molecule has 1 unspecified atom stereocenters. The molecule has 2 aromatic heterocycles. The maximum Gasteiger partial charge on any atom is 0.160 e. The minimum Gasteiger partial charge on any atom is -0.310 e. The minimum atomic E-state index is 0.405. The van der Waals surface area contributed by atoms with Crippen LogP contribution in [0.3, 0.4) is 0 Å². The summed E-state index contributed by atoms with van der Waals surface area (Å²) in [5.41, 5.74) is 3.61. The highest BCUT2D eigenvalue weighted by Crippen LogP contribution is 2.42. The number of rotatable bonds is 3. The lowest BCUT2D eigenvalue weighted by Crippen LogP contribution is -2.26. The van der Waals surface area contributed by atoms with Gasteiger partial charge < -0.3 is 4.57 Å². The molecule has 1 saturated carbocycles. The summed E-state index contributed by atoms with van der Waals surface area (Å²) in [5.74, 6) is 1.71. The molecule has 4 heteroatoms. The van der Waals surface area contributed by atoms with Crippen molar-refractivity contribution in [2.45, 2.75) is 58.9 Å². The zero-order valence-corrected chi connectivity index (χ0v) is 14.0. The molecule has 0 spiro atoms. The number of imidazole rings is 1. The summed E-state index contributed by atoms with van der Waals surface area (Å²) >= 11 is 5.99. The maximum atomic E-state index is 5.99. The molecule has 2 aromatic rings. The maximum absolute atomic E-state index is 5.99. The van der Waals surface area contributed by atoms with E-state index in [1.165, 1.54) is 25.7 Å². The third kappa shape index (κ3) is 2.94. The van der Waals surface area contributed by atoms with E-state index in [4.69, 9.17) is 16.6 Å². The van der Waals surface area contributed by atoms with Crippen LogP contribution in [0.25, 0.3) is 11.2 Å². The van der Waals surface area contributed by atoms with Gasteiger partial charge in [-0.15, -0.1) is 11.6 Å². The first-order valence-corrected chi connectivity index (χ1v) is 8.43. The zero-order chi connectivity index (χ0) is 15.0. The van der Waals surface area contributed by atoms with Crippen LogP contribution >= 0.6 is 11.6 Å². The topological polar surface area (TPSA) is 30.7 Å². The molecular formula is C17H24ClN3. The fraction of sp³-hybridized carbons (Fsp3) is 0.647. The SMILES string of the molecule is Cc1cnc2c(c1)nc(CCCl)n2C1CCCC(C)(C)C1. The van der Waals surface area contributed by atoms with Crippen LogP contribution in [-0.4, -0.2) is 20.4 Å². The number of nitrogens with zero attached hydrogens (tertiary/aromatic N) is 3. The van der Waals surface area contributed by atoms with E-state index in [0.717, 1.165) is 29.0 Å². The molecule has 0 aromatic carbocycles. The molecule has 3 nitrogen and oxygen atoms in total. The number of aromatic nitrogens is 3. The summed E-state index contributed by atoms with van der Waals surface area (Å²) in [7, 11) is 0. The average molecular weight is 306 g/mol. The number of alkyl halides is 1. The van der Waals surface area contributed by atoms with Gasteiger partial charge in [0.1, 0.15) is 11.3 Å². The smallest absolute Gasteiger partial charge is 0.160 e. The molecule has 1 fully saturated rings. The van der Waals surface area contributed by atoms with E-state index in [2.05, 4.69) is 36.4 Å². The summed E-state index contributed by atoms with van der Waals surface area (Å²) in [5, 5.41) is 0. The lowest BCUT2D eigenvalue weighted by Gasteiger charge is -2.36. The van der Waals surface area contributed by atoms with Crippen molar-refractivity contribution in [2.75, 3.05) is 5.88 Å². The molecule has 1 atom stereocenters. The van der Waals surface area contributed by atoms with E-state index < -0.39 is 0 Å². The highest BCUT2D eigenvalue weighted by molar-refractivity contribution is 6.17. The van der Waals surface area contributed by atoms with Gasteiger partial charge in [-0.25, -0.2) is 9.97 Å². The van der Waals surface area contributed by atoms with Crippen LogP contribution in [-0.2, 0) is 6.42 Å². The molecule has 0 aliphatic heterocycles. The Balaban J connectivity index is 2.08. The first-order valence-electron chi connectivity index (χ1n) is 7.89. The summed E-state index contributed by atoms with van der Waals surface area (Å²) in [6.07, 6.45) is 7.77. The number of aryl methyl sites for hydroxylation is 2. The predicted octanol–water partition coefficient (Wildman–Crippen LogP) is 4.66. The van der Waals surface area contributed by atoms with Crippen molar-refractivity contribution in [3.05, 3.63) is 23.7 Å². The molecule has 0 bridgehead atoms. The number of pyridine rings is 1. The molecule has 1 aliphatic carbocycles. The second kappa shape index (κ2) is 5.60. The van der Waals surface area contributed by atoms with Crippen LogP contribution in [0.15, 0.2) is 12.3 Å². The Hall–Kier alpha value is -1.09. The van der Waals surface area contributed by atoms with Crippen molar-refractivity contribution in [1.82, 2.24) is 14.5 Å². The van der Waals surface area contributed by atoms with Crippen molar-refractivity contribution in [2.24, 2.45) is 5.41 Å². The summed E-state index contributed by atoms with van der Waals surface area (Å²) in [6.45, 7) is 6.81. The Morgan fingerprint density at radius 1 is 1.43 bits per heavy atom. The Morgan fingerprint density at radius 2 is 2.24 bits per heavy atom. The average Bonchev–Trinajstić information content (AvgIpc) is 2.75. The Bertz CT molecular complexity index is 645. The van der Waals surface area contributed by atoms with Crippen LogP contribution in [0.4, 0.5) is 0 Å². The minimum absolute atomic E-state index is 0.405. The van der Waals surface area contributed by atoms with Crippen molar-refractivity contribution >= 4 is 22.8 Å². The zero-order valence-electron chi connectivity index (χ0n) is 13.2. The third-order valence-corrected chi connectivity index (χ3v) is 4.79. The van der Waals surface area contributed by atoms with Crippen LogP contribution in [0.5, 0.6) is 0 Å². The van der Waals surface area contributed by atoms with Gasteiger partial charge in [0, 0.05) is 24.5 Å². The lowest BCUT2D eigenvalue weighted by molar-refractivity contribution is 0.183. The largest absolute Gasteiger partial charge is 0.310 e. The van der Waals surface area contributed by atoms with Gasteiger partial charge in [-0.05, 0) is 43.2 Å². The van der Waals surface area contributed by atoms with Gasteiger partial charge >= 0.3 is 0 Å². The van der Waals surface area contributed by atoms with Crippen molar-refractivity contribution in [1.29, 1.82) is 0 Å². The number of fused-ring (bicyclic) bond motifs is 1. The number of halogens is 1. The highest BCUT2D eigenvalue weighted by atomic mass is 35.5. The van der Waals surface area contributed by atoms with Crippen molar-refractivity contribution in [3.63, 3.8) is 0 Å². The first-order chi connectivity index (χ1) is 10.00. The molecule has 3 rings (SSSR count). The molecule has 0 N–H and O–H groups in total. The van der Waals surface area contributed by atoms with Gasteiger partial charge in [0.2, 0.25) is 0 Å². The Kier molecular flexibility index (Phi) is 3.96. The summed E-state index contributed by atoms with van der Waals surface area (Å²) in [4.78, 5) is 9.47. The third-order valence-electron chi connectivity index (χ3n) is 4.60. The molecule has 0 radical (unpaired) electrons. The van der Waals surface area contributed by atoms with Crippen molar-refractivity contribution < 1.29 is 0 Å².